The van der Waals surface area contributed by atoms with Crippen molar-refractivity contribution in [3.63, 3.8) is 0 Å². The highest BCUT2D eigenvalue weighted by atomic mass is 16.3. The van der Waals surface area contributed by atoms with Gasteiger partial charge in [0.1, 0.15) is 33.5 Å². The first-order chi connectivity index (χ1) is 14.3. The SMILES string of the molecule is Cc1cc(-n2nc3ccccc3n2)c(O)c(C(C)(C)C)c1.c1ccc2n[nH]nc2c1. The number of nitrogens with one attached hydrogen (secondary N) is 1. The summed E-state index contributed by atoms with van der Waals surface area (Å²) in [7, 11) is 0. The molecule has 5 rings (SSSR count). The second-order valence-corrected chi connectivity index (χ2v) is 8.22. The molecule has 0 saturated carbocycles. The second kappa shape index (κ2) is 7.59. The maximum atomic E-state index is 10.6. The summed E-state index contributed by atoms with van der Waals surface area (Å²) in [5.74, 6) is 0.244. The van der Waals surface area contributed by atoms with E-state index in [-0.39, 0.29) is 11.2 Å². The van der Waals surface area contributed by atoms with Crippen LogP contribution in [-0.4, -0.2) is 35.5 Å². The molecule has 0 radical (unpaired) electrons. The van der Waals surface area contributed by atoms with Gasteiger partial charge in [-0.2, -0.15) is 15.4 Å². The van der Waals surface area contributed by atoms with Crippen molar-refractivity contribution in [2.24, 2.45) is 0 Å². The molecule has 2 heterocycles. The number of phenols is 1. The lowest BCUT2D eigenvalue weighted by Crippen LogP contribution is -2.13. The summed E-state index contributed by atoms with van der Waals surface area (Å²) < 4.78 is 0. The van der Waals surface area contributed by atoms with E-state index in [2.05, 4.69) is 46.4 Å². The zero-order valence-corrected chi connectivity index (χ0v) is 17.5. The Kier molecular flexibility index (Phi) is 4.95. The molecule has 7 nitrogen and oxygen atoms in total. The molecule has 0 fully saturated rings. The van der Waals surface area contributed by atoms with Crippen LogP contribution in [0.5, 0.6) is 5.75 Å². The van der Waals surface area contributed by atoms with Crippen molar-refractivity contribution in [1.82, 2.24) is 30.4 Å². The van der Waals surface area contributed by atoms with E-state index in [1.54, 1.807) is 0 Å². The lowest BCUT2D eigenvalue weighted by Gasteiger charge is -2.22. The van der Waals surface area contributed by atoms with Crippen molar-refractivity contribution < 1.29 is 5.11 Å². The molecule has 0 aliphatic carbocycles. The molecule has 0 spiro atoms. The number of aromatic amines is 1. The molecular formula is C23H24N6O. The molecule has 0 aliphatic rings. The Morgan fingerprint density at radius 1 is 0.800 bits per heavy atom. The molecule has 7 heteroatoms. The smallest absolute Gasteiger partial charge is 0.146 e. The first-order valence-electron chi connectivity index (χ1n) is 9.75. The Morgan fingerprint density at radius 3 is 1.80 bits per heavy atom. The number of para-hydroxylation sites is 2. The van der Waals surface area contributed by atoms with E-state index in [1.165, 1.54) is 4.80 Å². The van der Waals surface area contributed by atoms with Gasteiger partial charge in [0.15, 0.2) is 0 Å². The number of aromatic hydroxyl groups is 1. The number of benzene rings is 3. The average molecular weight is 400 g/mol. The van der Waals surface area contributed by atoms with Crippen LogP contribution < -0.4 is 0 Å². The van der Waals surface area contributed by atoms with Crippen LogP contribution in [-0.2, 0) is 5.41 Å². The van der Waals surface area contributed by atoms with Gasteiger partial charge in [-0.25, -0.2) is 0 Å². The molecule has 2 aromatic heterocycles. The highest BCUT2D eigenvalue weighted by Gasteiger charge is 2.22. The van der Waals surface area contributed by atoms with E-state index in [9.17, 15) is 5.11 Å². The molecule has 0 bridgehead atoms. The predicted molar refractivity (Wildman–Crippen MR) is 118 cm³/mol. The van der Waals surface area contributed by atoms with Crippen LogP contribution in [0, 0.1) is 6.92 Å². The van der Waals surface area contributed by atoms with Crippen LogP contribution in [0.4, 0.5) is 0 Å². The zero-order chi connectivity index (χ0) is 21.3. The summed E-state index contributed by atoms with van der Waals surface area (Å²) in [5, 5.41) is 29.8. The monoisotopic (exact) mass is 400 g/mol. The van der Waals surface area contributed by atoms with Crippen LogP contribution >= 0.6 is 0 Å². The predicted octanol–water partition coefficient (Wildman–Crippen LogP) is 4.69. The van der Waals surface area contributed by atoms with Crippen LogP contribution in [0.3, 0.4) is 0 Å². The molecule has 5 aromatic rings. The van der Waals surface area contributed by atoms with Crippen molar-refractivity contribution in [2.45, 2.75) is 33.1 Å². The number of fused-ring (bicyclic) bond motifs is 2. The van der Waals surface area contributed by atoms with Crippen LogP contribution in [0.15, 0.2) is 60.7 Å². The van der Waals surface area contributed by atoms with Crippen molar-refractivity contribution >= 4 is 22.1 Å². The topological polar surface area (TPSA) is 92.5 Å². The van der Waals surface area contributed by atoms with E-state index < -0.39 is 0 Å². The van der Waals surface area contributed by atoms with Gasteiger partial charge in [0, 0.05) is 5.56 Å². The van der Waals surface area contributed by atoms with E-state index >= 15 is 0 Å². The molecule has 0 atom stereocenters. The highest BCUT2D eigenvalue weighted by molar-refractivity contribution is 5.74. The third-order valence-electron chi connectivity index (χ3n) is 4.77. The summed E-state index contributed by atoms with van der Waals surface area (Å²) in [4.78, 5) is 1.52. The summed E-state index contributed by atoms with van der Waals surface area (Å²) in [5.41, 5.74) is 5.92. The molecule has 152 valence electrons. The fraction of sp³-hybridized carbons (Fsp3) is 0.217. The van der Waals surface area contributed by atoms with Gasteiger partial charge >= 0.3 is 0 Å². The molecule has 0 amide bonds. The largest absolute Gasteiger partial charge is 0.505 e. The zero-order valence-electron chi connectivity index (χ0n) is 17.5. The normalized spacial score (nSPS) is 11.5. The van der Waals surface area contributed by atoms with Crippen molar-refractivity contribution in [1.29, 1.82) is 0 Å². The molecule has 30 heavy (non-hydrogen) atoms. The number of phenolic OH excluding ortho intramolecular Hbond substituents is 1. The van der Waals surface area contributed by atoms with Gasteiger partial charge in [0.2, 0.25) is 0 Å². The third kappa shape index (κ3) is 3.87. The quantitative estimate of drug-likeness (QED) is 0.426. The Bertz CT molecular complexity index is 1250. The number of hydrogen-bond donors (Lipinski definition) is 2. The lowest BCUT2D eigenvalue weighted by atomic mass is 9.85. The van der Waals surface area contributed by atoms with Crippen LogP contribution in [0.2, 0.25) is 0 Å². The fourth-order valence-corrected chi connectivity index (χ4v) is 3.24. The van der Waals surface area contributed by atoms with Gasteiger partial charge < -0.3 is 5.11 Å². The minimum Gasteiger partial charge on any atom is -0.505 e. The summed E-state index contributed by atoms with van der Waals surface area (Å²) in [6.07, 6.45) is 0. The van der Waals surface area contributed by atoms with Crippen LogP contribution in [0.25, 0.3) is 27.8 Å². The fourth-order valence-electron chi connectivity index (χ4n) is 3.24. The number of rotatable bonds is 1. The number of H-pyrrole nitrogens is 1. The Morgan fingerprint density at radius 2 is 1.30 bits per heavy atom. The number of aromatic nitrogens is 6. The number of aryl methyl sites for hydroxylation is 1. The number of hydrogen-bond acceptors (Lipinski definition) is 5. The van der Waals surface area contributed by atoms with E-state index in [0.29, 0.717) is 5.69 Å². The Labute approximate surface area is 174 Å². The highest BCUT2D eigenvalue weighted by Crippen LogP contribution is 2.36. The average Bonchev–Trinajstić information content (AvgIpc) is 3.35. The van der Waals surface area contributed by atoms with Gasteiger partial charge in [-0.15, -0.1) is 15.0 Å². The minimum absolute atomic E-state index is 0.141. The minimum atomic E-state index is -0.141. The maximum Gasteiger partial charge on any atom is 0.146 e. The summed E-state index contributed by atoms with van der Waals surface area (Å²) >= 11 is 0. The first kappa shape index (κ1) is 19.6. The van der Waals surface area contributed by atoms with E-state index in [4.69, 9.17) is 0 Å². The standard InChI is InChI=1S/C17H19N3O.C6H5N3/c1-11-9-12(17(2,3)4)16(21)15(10-11)20-18-13-7-5-6-8-14(13)19-20;1-2-4-6-5(3-1)7-9-8-6/h5-10,21H,1-4H3;1-4H,(H,7,8,9). The lowest BCUT2D eigenvalue weighted by molar-refractivity contribution is 0.440. The van der Waals surface area contributed by atoms with Gasteiger partial charge in [-0.05, 0) is 48.2 Å². The third-order valence-corrected chi connectivity index (χ3v) is 4.77. The molecule has 0 saturated heterocycles. The molecule has 2 N–H and O–H groups in total. The molecule has 0 aliphatic heterocycles. The maximum absolute atomic E-state index is 10.6. The molecular weight excluding hydrogens is 376 g/mol. The molecule has 3 aromatic carbocycles. The van der Waals surface area contributed by atoms with Crippen molar-refractivity contribution in [2.75, 3.05) is 0 Å². The van der Waals surface area contributed by atoms with E-state index in [1.807, 2.05) is 67.6 Å². The summed E-state index contributed by atoms with van der Waals surface area (Å²) in [6.45, 7) is 8.26. The Hall–Kier alpha value is -3.74. The molecule has 0 unspecified atom stereocenters. The summed E-state index contributed by atoms with van der Waals surface area (Å²) in [6, 6.07) is 19.3. The number of nitrogens with zero attached hydrogens (tertiary/aromatic N) is 5. The van der Waals surface area contributed by atoms with Crippen LogP contribution in [0.1, 0.15) is 31.9 Å². The van der Waals surface area contributed by atoms with Crippen molar-refractivity contribution in [3.05, 3.63) is 71.8 Å². The van der Waals surface area contributed by atoms with Gasteiger partial charge in [0.05, 0.1) is 0 Å². The van der Waals surface area contributed by atoms with E-state index in [0.717, 1.165) is 33.2 Å². The second-order valence-electron chi connectivity index (χ2n) is 8.22. The Balaban J connectivity index is 0.000000200. The van der Waals surface area contributed by atoms with Gasteiger partial charge in [0.25, 0.3) is 0 Å². The van der Waals surface area contributed by atoms with Gasteiger partial charge in [-0.3, -0.25) is 0 Å². The van der Waals surface area contributed by atoms with Gasteiger partial charge in [-0.1, -0.05) is 51.1 Å². The first-order valence-corrected chi connectivity index (χ1v) is 9.75. The van der Waals surface area contributed by atoms with Crippen molar-refractivity contribution in [3.8, 4) is 11.4 Å².